The van der Waals surface area contributed by atoms with Gasteiger partial charge in [-0.2, -0.15) is 0 Å². The molecule has 0 heterocycles. The van der Waals surface area contributed by atoms with Gasteiger partial charge in [-0.15, -0.1) is 11.6 Å². The van der Waals surface area contributed by atoms with Crippen LogP contribution >= 0.6 is 11.6 Å². The molecule has 0 aromatic heterocycles. The number of alkyl halides is 1. The summed E-state index contributed by atoms with van der Waals surface area (Å²) >= 11 is 6.06. The lowest BCUT2D eigenvalue weighted by Crippen LogP contribution is -1.91. The highest BCUT2D eigenvalue weighted by atomic mass is 35.5. The fourth-order valence-electron chi connectivity index (χ4n) is 2.18. The van der Waals surface area contributed by atoms with Crippen molar-refractivity contribution in [3.05, 3.63) is 47.0 Å². The third kappa shape index (κ3) is 2.89. The van der Waals surface area contributed by atoms with Crippen molar-refractivity contribution in [1.82, 2.24) is 0 Å². The maximum Gasteiger partial charge on any atom is 0.0521 e. The van der Waals surface area contributed by atoms with Crippen LogP contribution in [0.5, 0.6) is 0 Å². The SMILES string of the molecule is CC(C)c1ccc(CC2=CC(Cl)CC2)cc1. The molecular weight excluding hydrogens is 216 g/mol. The molecule has 0 N–H and O–H groups in total. The van der Waals surface area contributed by atoms with E-state index in [9.17, 15) is 0 Å². The van der Waals surface area contributed by atoms with E-state index < -0.39 is 0 Å². The predicted octanol–water partition coefficient (Wildman–Crippen LogP) is 4.68. The lowest BCUT2D eigenvalue weighted by Gasteiger charge is -2.07. The Kier molecular flexibility index (Phi) is 3.70. The fourth-order valence-corrected chi connectivity index (χ4v) is 2.46. The predicted molar refractivity (Wildman–Crippen MR) is 71.2 cm³/mol. The highest BCUT2D eigenvalue weighted by molar-refractivity contribution is 6.22. The van der Waals surface area contributed by atoms with Crippen LogP contribution in [0.2, 0.25) is 0 Å². The van der Waals surface area contributed by atoms with E-state index in [0.717, 1.165) is 12.8 Å². The molecule has 1 aromatic rings. The smallest absolute Gasteiger partial charge is 0.0521 e. The molecule has 1 aromatic carbocycles. The lowest BCUT2D eigenvalue weighted by molar-refractivity contribution is 0.863. The van der Waals surface area contributed by atoms with Gasteiger partial charge < -0.3 is 0 Å². The van der Waals surface area contributed by atoms with Crippen LogP contribution < -0.4 is 0 Å². The van der Waals surface area contributed by atoms with Crippen LogP contribution in [0.3, 0.4) is 0 Å². The van der Waals surface area contributed by atoms with Crippen LogP contribution in [0.4, 0.5) is 0 Å². The summed E-state index contributed by atoms with van der Waals surface area (Å²) in [5.41, 5.74) is 4.32. The Hall–Kier alpha value is -0.750. The van der Waals surface area contributed by atoms with E-state index in [-0.39, 0.29) is 5.38 Å². The molecule has 0 radical (unpaired) electrons. The third-order valence-electron chi connectivity index (χ3n) is 3.24. The van der Waals surface area contributed by atoms with Crippen molar-refractivity contribution in [3.63, 3.8) is 0 Å². The summed E-state index contributed by atoms with van der Waals surface area (Å²) in [6.07, 6.45) is 5.57. The summed E-state index contributed by atoms with van der Waals surface area (Å²) in [5.74, 6) is 0.618. The largest absolute Gasteiger partial charge is 0.118 e. The van der Waals surface area contributed by atoms with Gasteiger partial charge in [0.05, 0.1) is 5.38 Å². The van der Waals surface area contributed by atoms with E-state index in [1.165, 1.54) is 23.1 Å². The molecule has 1 aliphatic rings. The molecular formula is C15H19Cl. The second kappa shape index (κ2) is 5.05. The van der Waals surface area contributed by atoms with Crippen molar-refractivity contribution in [3.8, 4) is 0 Å². The standard InChI is InChI=1S/C15H19Cl/c1-11(2)14-6-3-12(4-7-14)9-13-5-8-15(16)10-13/h3-4,6-7,10-11,15H,5,8-9H2,1-2H3. The van der Waals surface area contributed by atoms with Crippen LogP contribution in [0, 0.1) is 0 Å². The van der Waals surface area contributed by atoms with Crippen LogP contribution in [0.25, 0.3) is 0 Å². The molecule has 86 valence electrons. The maximum atomic E-state index is 6.06. The Labute approximate surface area is 103 Å². The van der Waals surface area contributed by atoms with Gasteiger partial charge in [0.15, 0.2) is 0 Å². The minimum atomic E-state index is 0.268. The first kappa shape index (κ1) is 11.7. The number of halogens is 1. The topological polar surface area (TPSA) is 0 Å². The normalized spacial score (nSPS) is 20.2. The van der Waals surface area contributed by atoms with Crippen LogP contribution in [0.15, 0.2) is 35.9 Å². The molecule has 1 unspecified atom stereocenters. The molecule has 0 saturated carbocycles. The van der Waals surface area contributed by atoms with Gasteiger partial charge in [-0.05, 0) is 36.3 Å². The first-order valence-electron chi connectivity index (χ1n) is 6.07. The molecule has 16 heavy (non-hydrogen) atoms. The molecule has 0 saturated heterocycles. The van der Waals surface area contributed by atoms with Gasteiger partial charge in [0, 0.05) is 0 Å². The average molecular weight is 235 g/mol. The van der Waals surface area contributed by atoms with Gasteiger partial charge in [0.25, 0.3) is 0 Å². The number of benzene rings is 1. The first-order chi connectivity index (χ1) is 7.65. The molecule has 0 bridgehead atoms. The molecule has 1 aliphatic carbocycles. The van der Waals surface area contributed by atoms with E-state index in [2.05, 4.69) is 44.2 Å². The molecule has 1 atom stereocenters. The van der Waals surface area contributed by atoms with Crippen molar-refractivity contribution in [2.24, 2.45) is 0 Å². The Balaban J connectivity index is 2.03. The van der Waals surface area contributed by atoms with Gasteiger partial charge in [-0.3, -0.25) is 0 Å². The van der Waals surface area contributed by atoms with Crippen LogP contribution in [-0.4, -0.2) is 5.38 Å². The summed E-state index contributed by atoms with van der Waals surface area (Å²) in [5, 5.41) is 0.268. The fraction of sp³-hybridized carbons (Fsp3) is 0.467. The molecule has 0 nitrogen and oxygen atoms in total. The molecule has 0 aliphatic heterocycles. The highest BCUT2D eigenvalue weighted by Gasteiger charge is 2.13. The minimum Gasteiger partial charge on any atom is -0.118 e. The van der Waals surface area contributed by atoms with E-state index in [1.54, 1.807) is 0 Å². The van der Waals surface area contributed by atoms with Crippen molar-refractivity contribution < 1.29 is 0 Å². The summed E-state index contributed by atoms with van der Waals surface area (Å²) in [6.45, 7) is 4.46. The Morgan fingerprint density at radius 1 is 1.25 bits per heavy atom. The van der Waals surface area contributed by atoms with E-state index in [1.807, 2.05) is 0 Å². The zero-order valence-corrected chi connectivity index (χ0v) is 10.8. The number of hydrogen-bond acceptors (Lipinski definition) is 0. The monoisotopic (exact) mass is 234 g/mol. The summed E-state index contributed by atoms with van der Waals surface area (Å²) in [4.78, 5) is 0. The van der Waals surface area contributed by atoms with E-state index >= 15 is 0 Å². The number of rotatable bonds is 3. The maximum absolute atomic E-state index is 6.06. The Morgan fingerprint density at radius 2 is 1.94 bits per heavy atom. The van der Waals surface area contributed by atoms with Gasteiger partial charge in [0.1, 0.15) is 0 Å². The summed E-state index contributed by atoms with van der Waals surface area (Å²) in [7, 11) is 0. The van der Waals surface area contributed by atoms with Gasteiger partial charge >= 0.3 is 0 Å². The molecule has 1 heteroatoms. The van der Waals surface area contributed by atoms with Crippen molar-refractivity contribution in [2.45, 2.75) is 44.4 Å². The van der Waals surface area contributed by atoms with E-state index in [0.29, 0.717) is 5.92 Å². The van der Waals surface area contributed by atoms with Crippen molar-refractivity contribution in [1.29, 1.82) is 0 Å². The second-order valence-electron chi connectivity index (χ2n) is 4.95. The molecule has 0 amide bonds. The van der Waals surface area contributed by atoms with Crippen LogP contribution in [0.1, 0.15) is 43.7 Å². The summed E-state index contributed by atoms with van der Waals surface area (Å²) in [6, 6.07) is 8.98. The van der Waals surface area contributed by atoms with Gasteiger partial charge in [0.2, 0.25) is 0 Å². The van der Waals surface area contributed by atoms with Gasteiger partial charge in [-0.1, -0.05) is 49.8 Å². The second-order valence-corrected chi connectivity index (χ2v) is 5.51. The Bertz CT molecular complexity index is 373. The van der Waals surface area contributed by atoms with E-state index in [4.69, 9.17) is 11.6 Å². The molecule has 2 rings (SSSR count). The average Bonchev–Trinajstić information content (AvgIpc) is 2.65. The highest BCUT2D eigenvalue weighted by Crippen LogP contribution is 2.26. The number of hydrogen-bond donors (Lipinski definition) is 0. The minimum absolute atomic E-state index is 0.268. The first-order valence-corrected chi connectivity index (χ1v) is 6.51. The summed E-state index contributed by atoms with van der Waals surface area (Å²) < 4.78 is 0. The zero-order chi connectivity index (χ0) is 11.5. The quantitative estimate of drug-likeness (QED) is 0.526. The van der Waals surface area contributed by atoms with Crippen molar-refractivity contribution >= 4 is 11.6 Å². The Morgan fingerprint density at radius 3 is 2.44 bits per heavy atom. The van der Waals surface area contributed by atoms with Crippen LogP contribution in [-0.2, 0) is 6.42 Å². The number of allylic oxidation sites excluding steroid dienone is 2. The molecule has 0 spiro atoms. The molecule has 0 fully saturated rings. The third-order valence-corrected chi connectivity index (χ3v) is 3.58. The van der Waals surface area contributed by atoms with Crippen molar-refractivity contribution in [2.75, 3.05) is 0 Å². The lowest BCUT2D eigenvalue weighted by atomic mass is 9.99. The zero-order valence-electron chi connectivity index (χ0n) is 10.0. The van der Waals surface area contributed by atoms with Gasteiger partial charge in [-0.25, -0.2) is 0 Å².